The lowest BCUT2D eigenvalue weighted by atomic mass is 10.4. The molecule has 1 aliphatic rings. The Bertz CT molecular complexity index is 562. The van der Waals surface area contributed by atoms with Gasteiger partial charge in [0.25, 0.3) is 10.2 Å². The molecule has 118 valence electrons. The number of piperazine rings is 1. The standard InChI is InChI=1S/C9H19N3O6S2/c1-8(9(13)14)19(15,16)11-4-6-12(7-5-11)20(17,18)10(2)3/h8H,4-7H2,1-3H3,(H,13,14). The summed E-state index contributed by atoms with van der Waals surface area (Å²) in [5.74, 6) is -1.42. The summed E-state index contributed by atoms with van der Waals surface area (Å²) in [5, 5.41) is 7.24. The number of carboxylic acids is 1. The van der Waals surface area contributed by atoms with E-state index in [4.69, 9.17) is 5.11 Å². The summed E-state index contributed by atoms with van der Waals surface area (Å²) in [7, 11) is -4.74. The van der Waals surface area contributed by atoms with Crippen LogP contribution in [0.25, 0.3) is 0 Å². The van der Waals surface area contributed by atoms with Gasteiger partial charge in [-0.3, -0.25) is 4.79 Å². The molecule has 0 aromatic heterocycles. The van der Waals surface area contributed by atoms with Gasteiger partial charge in [0.1, 0.15) is 0 Å². The van der Waals surface area contributed by atoms with Crippen molar-refractivity contribution in [2.45, 2.75) is 12.2 Å². The Morgan fingerprint density at radius 1 is 1.05 bits per heavy atom. The summed E-state index contributed by atoms with van der Waals surface area (Å²) in [6, 6.07) is 0. The monoisotopic (exact) mass is 329 g/mol. The van der Waals surface area contributed by atoms with Gasteiger partial charge in [-0.05, 0) is 6.92 Å². The van der Waals surface area contributed by atoms with Gasteiger partial charge in [-0.15, -0.1) is 0 Å². The van der Waals surface area contributed by atoms with E-state index in [1.165, 1.54) is 18.4 Å². The zero-order valence-corrected chi connectivity index (χ0v) is 13.2. The van der Waals surface area contributed by atoms with Crippen LogP contribution in [0.5, 0.6) is 0 Å². The van der Waals surface area contributed by atoms with Crippen molar-refractivity contribution in [2.75, 3.05) is 40.3 Å². The van der Waals surface area contributed by atoms with E-state index in [1.807, 2.05) is 0 Å². The number of nitrogens with zero attached hydrogens (tertiary/aromatic N) is 3. The normalized spacial score (nSPS) is 21.0. The molecule has 1 atom stereocenters. The van der Waals surface area contributed by atoms with Crippen LogP contribution in [0.4, 0.5) is 0 Å². The van der Waals surface area contributed by atoms with Gasteiger partial charge >= 0.3 is 5.97 Å². The topological polar surface area (TPSA) is 115 Å². The van der Waals surface area contributed by atoms with Crippen molar-refractivity contribution >= 4 is 26.2 Å². The van der Waals surface area contributed by atoms with Crippen LogP contribution in [-0.4, -0.2) is 86.4 Å². The second-order valence-electron chi connectivity index (χ2n) is 4.61. The minimum Gasteiger partial charge on any atom is -0.480 e. The van der Waals surface area contributed by atoms with Crippen molar-refractivity contribution in [3.8, 4) is 0 Å². The predicted molar refractivity (Wildman–Crippen MR) is 71.8 cm³/mol. The van der Waals surface area contributed by atoms with E-state index in [1.54, 1.807) is 0 Å². The van der Waals surface area contributed by atoms with Crippen molar-refractivity contribution in [1.29, 1.82) is 0 Å². The Morgan fingerprint density at radius 3 is 1.80 bits per heavy atom. The van der Waals surface area contributed by atoms with Gasteiger partial charge in [0.15, 0.2) is 5.25 Å². The lowest BCUT2D eigenvalue weighted by Gasteiger charge is -2.35. The molecular weight excluding hydrogens is 310 g/mol. The summed E-state index contributed by atoms with van der Waals surface area (Å²) in [6.45, 7) is 1.01. The van der Waals surface area contributed by atoms with E-state index >= 15 is 0 Å². The van der Waals surface area contributed by atoms with Gasteiger partial charge in [0.2, 0.25) is 10.0 Å². The Labute approximate surface area is 119 Å². The van der Waals surface area contributed by atoms with Crippen LogP contribution in [-0.2, 0) is 25.0 Å². The molecule has 1 saturated heterocycles. The second-order valence-corrected chi connectivity index (χ2v) is 9.01. The van der Waals surface area contributed by atoms with Gasteiger partial charge in [-0.25, -0.2) is 8.42 Å². The molecule has 0 saturated carbocycles. The van der Waals surface area contributed by atoms with E-state index < -0.39 is 31.5 Å². The quantitative estimate of drug-likeness (QED) is 0.637. The van der Waals surface area contributed by atoms with Crippen LogP contribution in [0.2, 0.25) is 0 Å². The van der Waals surface area contributed by atoms with Gasteiger partial charge in [0.05, 0.1) is 0 Å². The first kappa shape index (κ1) is 17.3. The van der Waals surface area contributed by atoms with E-state index in [-0.39, 0.29) is 26.2 Å². The molecule has 1 rings (SSSR count). The largest absolute Gasteiger partial charge is 0.480 e. The van der Waals surface area contributed by atoms with Gasteiger partial charge in [-0.2, -0.15) is 21.3 Å². The molecule has 11 heteroatoms. The van der Waals surface area contributed by atoms with Crippen molar-refractivity contribution in [2.24, 2.45) is 0 Å². The average molecular weight is 329 g/mol. The average Bonchev–Trinajstić information content (AvgIpc) is 2.37. The highest BCUT2D eigenvalue weighted by Gasteiger charge is 2.38. The number of hydrogen-bond donors (Lipinski definition) is 1. The molecule has 9 nitrogen and oxygen atoms in total. The third-order valence-corrected chi connectivity index (χ3v) is 7.26. The molecule has 20 heavy (non-hydrogen) atoms. The van der Waals surface area contributed by atoms with E-state index in [2.05, 4.69) is 0 Å². The maximum atomic E-state index is 12.0. The minimum atomic E-state index is -3.95. The smallest absolute Gasteiger partial charge is 0.323 e. The highest BCUT2D eigenvalue weighted by molar-refractivity contribution is 7.90. The summed E-state index contributed by atoms with van der Waals surface area (Å²) in [6.07, 6.45) is 0. The first-order chi connectivity index (χ1) is 9.01. The summed E-state index contributed by atoms with van der Waals surface area (Å²) < 4.78 is 51.0. The first-order valence-electron chi connectivity index (χ1n) is 5.90. The van der Waals surface area contributed by atoms with E-state index in [0.717, 1.165) is 15.5 Å². The molecule has 0 aliphatic carbocycles. The lowest BCUT2D eigenvalue weighted by molar-refractivity contribution is -0.136. The molecule has 1 heterocycles. The number of carboxylic acid groups (broad SMARTS) is 1. The lowest BCUT2D eigenvalue weighted by Crippen LogP contribution is -2.54. The fourth-order valence-corrected chi connectivity index (χ4v) is 4.20. The van der Waals surface area contributed by atoms with Crippen molar-refractivity contribution < 1.29 is 26.7 Å². The van der Waals surface area contributed by atoms with Crippen molar-refractivity contribution in [3.05, 3.63) is 0 Å². The third-order valence-electron chi connectivity index (χ3n) is 3.14. The minimum absolute atomic E-state index is 0.00603. The Kier molecular flexibility index (Phi) is 5.13. The van der Waals surface area contributed by atoms with Crippen molar-refractivity contribution in [3.63, 3.8) is 0 Å². The maximum Gasteiger partial charge on any atom is 0.323 e. The van der Waals surface area contributed by atoms with E-state index in [9.17, 15) is 21.6 Å². The highest BCUT2D eigenvalue weighted by Crippen LogP contribution is 2.15. The number of hydrogen-bond acceptors (Lipinski definition) is 5. The zero-order valence-electron chi connectivity index (χ0n) is 11.6. The molecule has 0 amide bonds. The fraction of sp³-hybridized carbons (Fsp3) is 0.889. The number of sulfonamides is 1. The predicted octanol–water partition coefficient (Wildman–Crippen LogP) is -1.79. The van der Waals surface area contributed by atoms with Crippen molar-refractivity contribution in [1.82, 2.24) is 12.9 Å². The Balaban J connectivity index is 2.80. The summed E-state index contributed by atoms with van der Waals surface area (Å²) >= 11 is 0. The molecule has 0 radical (unpaired) electrons. The maximum absolute atomic E-state index is 12.0. The van der Waals surface area contributed by atoms with Crippen LogP contribution < -0.4 is 0 Å². The number of aliphatic carboxylic acids is 1. The highest BCUT2D eigenvalue weighted by atomic mass is 32.2. The van der Waals surface area contributed by atoms with Crippen LogP contribution >= 0.6 is 0 Å². The molecule has 0 aromatic rings. The second kappa shape index (κ2) is 5.93. The van der Waals surface area contributed by atoms with Crippen LogP contribution in [0.15, 0.2) is 0 Å². The molecule has 0 bridgehead atoms. The van der Waals surface area contributed by atoms with Crippen LogP contribution in [0.3, 0.4) is 0 Å². The van der Waals surface area contributed by atoms with Crippen LogP contribution in [0, 0.1) is 0 Å². The molecule has 1 aliphatic heterocycles. The summed E-state index contributed by atoms with van der Waals surface area (Å²) in [4.78, 5) is 10.8. The first-order valence-corrected chi connectivity index (χ1v) is 8.80. The van der Waals surface area contributed by atoms with Gasteiger partial charge in [0, 0.05) is 40.3 Å². The SMILES string of the molecule is CC(C(=O)O)S(=O)(=O)N1CCN(S(=O)(=O)N(C)C)CC1. The van der Waals surface area contributed by atoms with Gasteiger partial charge in [-0.1, -0.05) is 0 Å². The van der Waals surface area contributed by atoms with Crippen LogP contribution in [0.1, 0.15) is 6.92 Å². The third kappa shape index (κ3) is 3.28. The number of rotatable bonds is 5. The Hall–Kier alpha value is -0.750. The van der Waals surface area contributed by atoms with Gasteiger partial charge < -0.3 is 5.11 Å². The molecule has 1 N–H and O–H groups in total. The number of carbonyl (C=O) groups is 1. The zero-order chi connectivity index (χ0) is 15.7. The molecule has 1 fully saturated rings. The molecule has 0 spiro atoms. The molecular formula is C9H19N3O6S2. The fourth-order valence-electron chi connectivity index (χ4n) is 1.74. The summed E-state index contributed by atoms with van der Waals surface area (Å²) in [5.41, 5.74) is 0. The Morgan fingerprint density at radius 2 is 1.45 bits per heavy atom. The molecule has 1 unspecified atom stereocenters. The van der Waals surface area contributed by atoms with E-state index in [0.29, 0.717) is 0 Å². The molecule has 0 aromatic carbocycles.